The Morgan fingerprint density at radius 2 is 1.91 bits per heavy atom. The minimum atomic E-state index is -1.02. The number of rotatable bonds is 2. The van der Waals surface area contributed by atoms with E-state index in [1.807, 2.05) is 42.5 Å². The van der Waals surface area contributed by atoms with Crippen molar-refractivity contribution in [3.63, 3.8) is 0 Å². The van der Waals surface area contributed by atoms with Gasteiger partial charge in [-0.05, 0) is 18.2 Å². The van der Waals surface area contributed by atoms with Crippen LogP contribution < -0.4 is 0 Å². The molecule has 2 heterocycles. The number of hydrogen-bond donors (Lipinski definition) is 1. The molecule has 2 aromatic carbocycles. The van der Waals surface area contributed by atoms with Crippen LogP contribution in [0.25, 0.3) is 16.9 Å². The highest BCUT2D eigenvalue weighted by molar-refractivity contribution is 7.98. The Balaban J connectivity index is 2.06. The molecule has 6 heteroatoms. The summed E-state index contributed by atoms with van der Waals surface area (Å²) < 4.78 is 1.65. The van der Waals surface area contributed by atoms with Gasteiger partial charge < -0.3 is 5.11 Å². The second-order valence-electron chi connectivity index (χ2n) is 5.13. The fourth-order valence-electron chi connectivity index (χ4n) is 2.77. The minimum absolute atomic E-state index is 0.0851. The SMILES string of the molecule is O=C(O)c1nn(-c2ccccc2Cl)c2c1CSc1ccccc1-2. The standard InChI is InChI=1S/C17H11ClN2O2S/c18-12-6-2-3-7-13(12)20-16-10-5-1-4-8-14(10)23-9-11(16)15(19-20)17(21)22/h1-8H,9H2,(H,21,22). The number of para-hydroxylation sites is 1. The second kappa shape index (κ2) is 5.44. The lowest BCUT2D eigenvalue weighted by molar-refractivity contribution is 0.0689. The van der Waals surface area contributed by atoms with Crippen LogP contribution in [0.3, 0.4) is 0 Å². The van der Waals surface area contributed by atoms with Crippen LogP contribution in [0.2, 0.25) is 5.02 Å². The smallest absolute Gasteiger partial charge is 0.356 e. The van der Waals surface area contributed by atoms with Crippen molar-refractivity contribution in [1.29, 1.82) is 0 Å². The van der Waals surface area contributed by atoms with E-state index in [-0.39, 0.29) is 5.69 Å². The molecular weight excluding hydrogens is 332 g/mol. The summed E-state index contributed by atoms with van der Waals surface area (Å²) in [5.41, 5.74) is 3.30. The summed E-state index contributed by atoms with van der Waals surface area (Å²) in [5, 5.41) is 14.4. The zero-order chi connectivity index (χ0) is 16.0. The number of nitrogens with zero attached hydrogens (tertiary/aromatic N) is 2. The largest absolute Gasteiger partial charge is 0.476 e. The highest BCUT2D eigenvalue weighted by Crippen LogP contribution is 2.44. The topological polar surface area (TPSA) is 55.1 Å². The predicted octanol–water partition coefficient (Wildman–Crippen LogP) is 4.50. The van der Waals surface area contributed by atoms with Crippen LogP contribution >= 0.6 is 23.4 Å². The van der Waals surface area contributed by atoms with Gasteiger partial charge in [-0.25, -0.2) is 9.48 Å². The lowest BCUT2D eigenvalue weighted by Crippen LogP contribution is -2.03. The Morgan fingerprint density at radius 1 is 1.17 bits per heavy atom. The first-order valence-corrected chi connectivity index (χ1v) is 8.35. The minimum Gasteiger partial charge on any atom is -0.476 e. The van der Waals surface area contributed by atoms with Crippen molar-refractivity contribution >= 4 is 29.3 Å². The van der Waals surface area contributed by atoms with Gasteiger partial charge in [-0.15, -0.1) is 11.8 Å². The molecule has 4 rings (SSSR count). The first kappa shape index (κ1) is 14.4. The molecule has 3 aromatic rings. The number of hydrogen-bond acceptors (Lipinski definition) is 3. The van der Waals surface area contributed by atoms with Crippen molar-refractivity contribution in [3.8, 4) is 16.9 Å². The van der Waals surface area contributed by atoms with Crippen LogP contribution in [-0.2, 0) is 5.75 Å². The van der Waals surface area contributed by atoms with Crippen LogP contribution in [0.5, 0.6) is 0 Å². The Bertz CT molecular complexity index is 936. The molecule has 1 aliphatic rings. The number of benzene rings is 2. The van der Waals surface area contributed by atoms with Gasteiger partial charge in [0.2, 0.25) is 0 Å². The number of thioether (sulfide) groups is 1. The monoisotopic (exact) mass is 342 g/mol. The van der Waals surface area contributed by atoms with Crippen LogP contribution in [0.4, 0.5) is 0 Å². The van der Waals surface area contributed by atoms with Crippen molar-refractivity contribution in [2.45, 2.75) is 10.6 Å². The van der Waals surface area contributed by atoms with Gasteiger partial charge >= 0.3 is 5.97 Å². The highest BCUT2D eigenvalue weighted by atomic mass is 35.5. The summed E-state index contributed by atoms with van der Waals surface area (Å²) >= 11 is 7.93. The summed E-state index contributed by atoms with van der Waals surface area (Å²) in [4.78, 5) is 12.7. The first-order valence-electron chi connectivity index (χ1n) is 6.99. The number of fused-ring (bicyclic) bond motifs is 3. The molecule has 0 saturated carbocycles. The zero-order valence-corrected chi connectivity index (χ0v) is 13.4. The molecule has 0 fully saturated rings. The molecule has 1 N–H and O–H groups in total. The van der Waals surface area contributed by atoms with E-state index in [0.29, 0.717) is 16.5 Å². The van der Waals surface area contributed by atoms with Crippen LogP contribution in [0.15, 0.2) is 53.4 Å². The first-order chi connectivity index (χ1) is 11.2. The third kappa shape index (κ3) is 2.24. The number of carboxylic acids is 1. The van der Waals surface area contributed by atoms with E-state index in [0.717, 1.165) is 21.7 Å². The van der Waals surface area contributed by atoms with E-state index in [9.17, 15) is 9.90 Å². The number of carboxylic acid groups (broad SMARTS) is 1. The number of aromatic nitrogens is 2. The number of aromatic carboxylic acids is 1. The molecular formula is C17H11ClN2O2S. The van der Waals surface area contributed by atoms with Gasteiger partial charge in [0.15, 0.2) is 5.69 Å². The van der Waals surface area contributed by atoms with Crippen molar-refractivity contribution in [1.82, 2.24) is 9.78 Å². The van der Waals surface area contributed by atoms with Gasteiger partial charge in [0, 0.05) is 21.8 Å². The molecule has 0 aliphatic carbocycles. The average Bonchev–Trinajstić information content (AvgIpc) is 2.95. The van der Waals surface area contributed by atoms with Crippen LogP contribution in [-0.4, -0.2) is 20.9 Å². The third-order valence-electron chi connectivity index (χ3n) is 3.78. The fraction of sp³-hybridized carbons (Fsp3) is 0.0588. The summed E-state index contributed by atoms with van der Waals surface area (Å²) in [6.07, 6.45) is 0. The second-order valence-corrected chi connectivity index (χ2v) is 6.55. The molecule has 0 atom stereocenters. The van der Waals surface area contributed by atoms with Gasteiger partial charge in [0.05, 0.1) is 16.4 Å². The Kier molecular flexibility index (Phi) is 3.39. The maximum atomic E-state index is 11.6. The van der Waals surface area contributed by atoms with Crippen molar-refractivity contribution in [2.24, 2.45) is 0 Å². The molecule has 114 valence electrons. The average molecular weight is 343 g/mol. The number of carbonyl (C=O) groups is 1. The maximum Gasteiger partial charge on any atom is 0.356 e. The summed E-state index contributed by atoms with van der Waals surface area (Å²) in [6, 6.07) is 15.3. The molecule has 1 aromatic heterocycles. The van der Waals surface area contributed by atoms with E-state index in [1.54, 1.807) is 22.5 Å². The van der Waals surface area contributed by atoms with Gasteiger partial charge in [0.1, 0.15) is 0 Å². The van der Waals surface area contributed by atoms with Gasteiger partial charge in [-0.1, -0.05) is 41.9 Å². The Morgan fingerprint density at radius 3 is 2.70 bits per heavy atom. The molecule has 23 heavy (non-hydrogen) atoms. The molecule has 0 bridgehead atoms. The zero-order valence-electron chi connectivity index (χ0n) is 11.9. The molecule has 0 unspecified atom stereocenters. The molecule has 0 saturated heterocycles. The lowest BCUT2D eigenvalue weighted by atomic mass is 10.1. The van der Waals surface area contributed by atoms with Gasteiger partial charge in [-0.3, -0.25) is 0 Å². The summed E-state index contributed by atoms with van der Waals surface area (Å²) in [5.74, 6) is -0.439. The Hall–Kier alpha value is -2.24. The molecule has 0 amide bonds. The fourth-order valence-corrected chi connectivity index (χ4v) is 4.06. The predicted molar refractivity (Wildman–Crippen MR) is 90.5 cm³/mol. The van der Waals surface area contributed by atoms with E-state index in [4.69, 9.17) is 11.6 Å². The Labute approximate surface area is 141 Å². The van der Waals surface area contributed by atoms with E-state index in [1.165, 1.54) is 0 Å². The number of halogens is 1. The lowest BCUT2D eigenvalue weighted by Gasteiger charge is -2.18. The molecule has 0 spiro atoms. The highest BCUT2D eigenvalue weighted by Gasteiger charge is 2.29. The van der Waals surface area contributed by atoms with Gasteiger partial charge in [0.25, 0.3) is 0 Å². The molecule has 0 radical (unpaired) electrons. The summed E-state index contributed by atoms with van der Waals surface area (Å²) in [6.45, 7) is 0. The summed E-state index contributed by atoms with van der Waals surface area (Å²) in [7, 11) is 0. The van der Waals surface area contributed by atoms with Crippen molar-refractivity contribution < 1.29 is 9.90 Å². The van der Waals surface area contributed by atoms with Crippen LogP contribution in [0, 0.1) is 0 Å². The van der Waals surface area contributed by atoms with E-state index < -0.39 is 5.97 Å². The molecule has 4 nitrogen and oxygen atoms in total. The normalized spacial score (nSPS) is 12.6. The van der Waals surface area contributed by atoms with E-state index in [2.05, 4.69) is 5.10 Å². The quantitative estimate of drug-likeness (QED) is 0.745. The maximum absolute atomic E-state index is 11.6. The van der Waals surface area contributed by atoms with E-state index >= 15 is 0 Å². The molecule has 1 aliphatic heterocycles. The van der Waals surface area contributed by atoms with Crippen molar-refractivity contribution in [2.75, 3.05) is 0 Å². The third-order valence-corrected chi connectivity index (χ3v) is 5.20. The van der Waals surface area contributed by atoms with Gasteiger partial charge in [-0.2, -0.15) is 5.10 Å². The van der Waals surface area contributed by atoms with Crippen molar-refractivity contribution in [3.05, 3.63) is 64.8 Å². The van der Waals surface area contributed by atoms with Crippen LogP contribution in [0.1, 0.15) is 16.1 Å².